The van der Waals surface area contributed by atoms with E-state index in [0.29, 0.717) is 30.1 Å². The van der Waals surface area contributed by atoms with Gasteiger partial charge in [0.15, 0.2) is 5.16 Å². The maximum atomic E-state index is 13.4. The summed E-state index contributed by atoms with van der Waals surface area (Å²) in [5, 5.41) is 4.35. The van der Waals surface area contributed by atoms with Gasteiger partial charge in [-0.3, -0.25) is 14.2 Å². The Bertz CT molecular complexity index is 935. The standard InChI is InChI=1S/C21H31N3O3S2/c1-12(2)9-24-20(26)18-15-7-6-13(3)8-16(15)29-19(18)23-21(24)28-11-17(25)22-14(4)10-27-5/h12-14H,6-11H2,1-5H3,(H,22,25). The Hall–Kier alpha value is -1.38. The van der Waals surface area contributed by atoms with Crippen LogP contribution in [0.5, 0.6) is 0 Å². The Morgan fingerprint density at radius 1 is 1.41 bits per heavy atom. The van der Waals surface area contributed by atoms with Crippen molar-refractivity contribution < 1.29 is 9.53 Å². The maximum absolute atomic E-state index is 13.4. The molecule has 0 fully saturated rings. The van der Waals surface area contributed by atoms with Gasteiger partial charge in [0.05, 0.1) is 17.7 Å². The van der Waals surface area contributed by atoms with Crippen molar-refractivity contribution in [3.8, 4) is 0 Å². The van der Waals surface area contributed by atoms with Crippen LogP contribution in [0.4, 0.5) is 0 Å². The highest BCUT2D eigenvalue weighted by Crippen LogP contribution is 2.36. The van der Waals surface area contributed by atoms with Gasteiger partial charge in [-0.2, -0.15) is 0 Å². The molecular formula is C21H31N3O3S2. The van der Waals surface area contributed by atoms with Crippen molar-refractivity contribution in [1.82, 2.24) is 14.9 Å². The number of fused-ring (bicyclic) bond motifs is 3. The molecule has 6 nitrogen and oxygen atoms in total. The van der Waals surface area contributed by atoms with Crippen LogP contribution >= 0.6 is 23.1 Å². The summed E-state index contributed by atoms with van der Waals surface area (Å²) in [5.41, 5.74) is 1.26. The van der Waals surface area contributed by atoms with E-state index in [0.717, 1.165) is 29.5 Å². The van der Waals surface area contributed by atoms with Gasteiger partial charge in [-0.25, -0.2) is 4.98 Å². The highest BCUT2D eigenvalue weighted by atomic mass is 32.2. The Balaban J connectivity index is 1.91. The van der Waals surface area contributed by atoms with Crippen LogP contribution in [0.15, 0.2) is 9.95 Å². The first-order valence-electron chi connectivity index (χ1n) is 10.3. The van der Waals surface area contributed by atoms with Crippen LogP contribution in [0.2, 0.25) is 0 Å². The number of carbonyl (C=O) groups excluding carboxylic acids is 1. The van der Waals surface area contributed by atoms with Crippen LogP contribution < -0.4 is 10.9 Å². The molecule has 0 aromatic carbocycles. The average Bonchev–Trinajstić information content (AvgIpc) is 2.99. The first kappa shape index (κ1) is 22.3. The van der Waals surface area contributed by atoms with E-state index in [-0.39, 0.29) is 23.3 Å². The number of methoxy groups -OCH3 is 1. The fraction of sp³-hybridized carbons (Fsp3) is 0.667. The van der Waals surface area contributed by atoms with Gasteiger partial charge in [-0.05, 0) is 43.6 Å². The Morgan fingerprint density at radius 3 is 2.86 bits per heavy atom. The van der Waals surface area contributed by atoms with Gasteiger partial charge >= 0.3 is 0 Å². The number of hydrogen-bond acceptors (Lipinski definition) is 6. The van der Waals surface area contributed by atoms with Gasteiger partial charge in [-0.1, -0.05) is 32.5 Å². The zero-order valence-electron chi connectivity index (χ0n) is 17.9. The second kappa shape index (κ2) is 9.62. The molecule has 2 atom stereocenters. The smallest absolute Gasteiger partial charge is 0.263 e. The highest BCUT2D eigenvalue weighted by molar-refractivity contribution is 7.99. The third-order valence-corrected chi connectivity index (χ3v) is 7.21. The summed E-state index contributed by atoms with van der Waals surface area (Å²) in [6.07, 6.45) is 3.11. The number of thioether (sulfide) groups is 1. The minimum absolute atomic E-state index is 0.0476. The van der Waals surface area contributed by atoms with E-state index in [1.54, 1.807) is 23.0 Å². The number of thiophene rings is 1. The second-order valence-corrected chi connectivity index (χ2v) is 10.5. The topological polar surface area (TPSA) is 73.2 Å². The van der Waals surface area contributed by atoms with Crippen LogP contribution in [-0.2, 0) is 28.9 Å². The van der Waals surface area contributed by atoms with E-state index in [9.17, 15) is 9.59 Å². The largest absolute Gasteiger partial charge is 0.383 e. The van der Waals surface area contributed by atoms with E-state index in [1.165, 1.54) is 22.2 Å². The first-order valence-corrected chi connectivity index (χ1v) is 12.1. The predicted molar refractivity (Wildman–Crippen MR) is 120 cm³/mol. The van der Waals surface area contributed by atoms with Crippen LogP contribution in [-0.4, -0.2) is 41.0 Å². The Morgan fingerprint density at radius 2 is 2.17 bits per heavy atom. The van der Waals surface area contributed by atoms with Crippen molar-refractivity contribution in [3.63, 3.8) is 0 Å². The fourth-order valence-electron chi connectivity index (χ4n) is 3.78. The third-order valence-electron chi connectivity index (χ3n) is 5.08. The summed E-state index contributed by atoms with van der Waals surface area (Å²) in [7, 11) is 1.61. The minimum atomic E-state index is -0.0794. The predicted octanol–water partition coefficient (Wildman–Crippen LogP) is 3.48. The van der Waals surface area contributed by atoms with Crippen LogP contribution in [0.3, 0.4) is 0 Å². The van der Waals surface area contributed by atoms with Gasteiger partial charge < -0.3 is 10.1 Å². The molecule has 0 aliphatic heterocycles. The van der Waals surface area contributed by atoms with Crippen molar-refractivity contribution in [1.29, 1.82) is 0 Å². The van der Waals surface area contributed by atoms with Crippen LogP contribution in [0, 0.1) is 11.8 Å². The zero-order valence-corrected chi connectivity index (χ0v) is 19.5. The molecule has 2 aromatic rings. The number of hydrogen-bond donors (Lipinski definition) is 1. The maximum Gasteiger partial charge on any atom is 0.263 e. The van der Waals surface area contributed by atoms with E-state index in [1.807, 2.05) is 6.92 Å². The number of ether oxygens (including phenoxy) is 1. The van der Waals surface area contributed by atoms with Gasteiger partial charge in [0.2, 0.25) is 5.91 Å². The quantitative estimate of drug-likeness (QED) is 0.506. The number of carbonyl (C=O) groups is 1. The number of aromatic nitrogens is 2. The lowest BCUT2D eigenvalue weighted by Crippen LogP contribution is -2.37. The molecule has 2 heterocycles. The molecule has 1 aliphatic rings. The molecular weight excluding hydrogens is 406 g/mol. The molecule has 0 bridgehead atoms. The van der Waals surface area contributed by atoms with E-state index < -0.39 is 0 Å². The molecule has 3 rings (SSSR count). The van der Waals surface area contributed by atoms with E-state index >= 15 is 0 Å². The number of rotatable bonds is 8. The number of nitrogens with one attached hydrogen (secondary N) is 1. The molecule has 2 aromatic heterocycles. The Kier molecular flexibility index (Phi) is 7.40. The van der Waals surface area contributed by atoms with Gasteiger partial charge in [0.25, 0.3) is 5.56 Å². The lowest BCUT2D eigenvalue weighted by atomic mass is 9.89. The molecule has 160 valence electrons. The molecule has 1 amide bonds. The zero-order chi connectivity index (χ0) is 21.1. The minimum Gasteiger partial charge on any atom is -0.383 e. The van der Waals surface area contributed by atoms with Crippen molar-refractivity contribution in [2.45, 2.75) is 64.7 Å². The van der Waals surface area contributed by atoms with Crippen molar-refractivity contribution in [3.05, 3.63) is 20.8 Å². The van der Waals surface area contributed by atoms with E-state index in [4.69, 9.17) is 9.72 Å². The third kappa shape index (κ3) is 5.22. The Labute approximate surface area is 180 Å². The number of amides is 1. The summed E-state index contributed by atoms with van der Waals surface area (Å²) in [4.78, 5) is 32.7. The van der Waals surface area contributed by atoms with Crippen molar-refractivity contribution >= 4 is 39.2 Å². The molecule has 2 unspecified atom stereocenters. The van der Waals surface area contributed by atoms with Crippen LogP contribution in [0.1, 0.15) is 44.6 Å². The molecule has 0 saturated heterocycles. The molecule has 8 heteroatoms. The van der Waals surface area contributed by atoms with Gasteiger partial charge in [-0.15, -0.1) is 11.3 Å². The van der Waals surface area contributed by atoms with Gasteiger partial charge in [0, 0.05) is 24.6 Å². The summed E-state index contributed by atoms with van der Waals surface area (Å²) in [6.45, 7) is 9.43. The lowest BCUT2D eigenvalue weighted by Gasteiger charge is -2.18. The summed E-state index contributed by atoms with van der Waals surface area (Å²) >= 11 is 2.99. The van der Waals surface area contributed by atoms with Crippen molar-refractivity contribution in [2.24, 2.45) is 11.8 Å². The van der Waals surface area contributed by atoms with Crippen molar-refractivity contribution in [2.75, 3.05) is 19.5 Å². The molecule has 1 aliphatic carbocycles. The summed E-state index contributed by atoms with van der Waals surface area (Å²) < 4.78 is 6.84. The number of aryl methyl sites for hydroxylation is 1. The molecule has 0 radical (unpaired) electrons. The normalized spacial score (nSPS) is 17.5. The van der Waals surface area contributed by atoms with Gasteiger partial charge in [0.1, 0.15) is 4.83 Å². The molecule has 1 N–H and O–H groups in total. The van der Waals surface area contributed by atoms with E-state index in [2.05, 4.69) is 26.1 Å². The first-order chi connectivity index (χ1) is 13.8. The molecule has 29 heavy (non-hydrogen) atoms. The highest BCUT2D eigenvalue weighted by Gasteiger charge is 2.25. The monoisotopic (exact) mass is 437 g/mol. The molecule has 0 saturated carbocycles. The average molecular weight is 438 g/mol. The lowest BCUT2D eigenvalue weighted by molar-refractivity contribution is -0.119. The van der Waals surface area contributed by atoms with Crippen LogP contribution in [0.25, 0.3) is 10.2 Å². The number of nitrogens with zero attached hydrogens (tertiary/aromatic N) is 2. The summed E-state index contributed by atoms with van der Waals surface area (Å²) in [5.74, 6) is 1.12. The fourth-order valence-corrected chi connectivity index (χ4v) is 6.02. The molecule has 0 spiro atoms. The second-order valence-electron chi connectivity index (χ2n) is 8.45. The SMILES string of the molecule is COCC(C)NC(=O)CSc1nc2sc3c(c2c(=O)n1CC(C)C)CCC(C)C3. The summed E-state index contributed by atoms with van der Waals surface area (Å²) in [6, 6.07) is -0.0487.